The van der Waals surface area contributed by atoms with E-state index in [1.54, 1.807) is 0 Å². The molecule has 1 N–H and O–H groups in total. The lowest BCUT2D eigenvalue weighted by atomic mass is 9.62. The number of hydrogen-bond donors (Lipinski definition) is 1. The van der Waals surface area contributed by atoms with E-state index in [1.165, 1.54) is 37.7 Å². The molecule has 17 heavy (non-hydrogen) atoms. The molecule has 2 heteroatoms. The van der Waals surface area contributed by atoms with Gasteiger partial charge in [-0.1, -0.05) is 43.2 Å². The highest BCUT2D eigenvalue weighted by Gasteiger charge is 2.57. The molecule has 2 fully saturated rings. The van der Waals surface area contributed by atoms with Gasteiger partial charge in [-0.15, -0.1) is 0 Å². The normalized spacial score (nSPS) is 36.8. The molecule has 2 atom stereocenters. The maximum Gasteiger partial charge on any atom is 0.0926 e. The fraction of sp³-hybridized carbons (Fsp3) is 0.600. The van der Waals surface area contributed by atoms with Crippen LogP contribution in [-0.4, -0.2) is 19.3 Å². The van der Waals surface area contributed by atoms with Gasteiger partial charge in [0.25, 0.3) is 0 Å². The van der Waals surface area contributed by atoms with E-state index in [0.717, 1.165) is 6.61 Å². The van der Waals surface area contributed by atoms with Crippen LogP contribution in [0.1, 0.15) is 37.7 Å². The molecule has 2 nitrogen and oxygen atoms in total. The number of ether oxygens (including phenoxy) is 1. The monoisotopic (exact) mass is 231 g/mol. The summed E-state index contributed by atoms with van der Waals surface area (Å²) in [6, 6.07) is 10.8. The molecule has 1 aromatic carbocycles. The van der Waals surface area contributed by atoms with Crippen molar-refractivity contribution in [2.45, 2.75) is 43.2 Å². The summed E-state index contributed by atoms with van der Waals surface area (Å²) >= 11 is 0. The molecular weight excluding hydrogens is 210 g/mol. The summed E-state index contributed by atoms with van der Waals surface area (Å²) in [6.45, 7) is 0.927. The SMILES string of the molecule is CN[C@@]1(c2ccccc2)CCCCC12CCO2. The first-order valence-electron chi connectivity index (χ1n) is 6.71. The van der Waals surface area contributed by atoms with Crippen molar-refractivity contribution in [1.29, 1.82) is 0 Å². The van der Waals surface area contributed by atoms with Gasteiger partial charge in [0.15, 0.2) is 0 Å². The molecule has 1 aromatic rings. The highest BCUT2D eigenvalue weighted by atomic mass is 16.5. The lowest BCUT2D eigenvalue weighted by Crippen LogP contribution is -2.66. The average Bonchev–Trinajstić information content (AvgIpc) is 2.37. The molecule has 0 bridgehead atoms. The van der Waals surface area contributed by atoms with E-state index in [2.05, 4.69) is 42.7 Å². The maximum absolute atomic E-state index is 6.06. The Labute approximate surface area is 103 Å². The van der Waals surface area contributed by atoms with E-state index < -0.39 is 0 Å². The first kappa shape index (κ1) is 11.2. The van der Waals surface area contributed by atoms with E-state index in [-0.39, 0.29) is 11.1 Å². The Hall–Kier alpha value is -0.860. The van der Waals surface area contributed by atoms with Gasteiger partial charge in [0, 0.05) is 6.42 Å². The molecule has 0 aromatic heterocycles. The number of benzene rings is 1. The van der Waals surface area contributed by atoms with Gasteiger partial charge in [-0.3, -0.25) is 0 Å². The topological polar surface area (TPSA) is 21.3 Å². The zero-order valence-electron chi connectivity index (χ0n) is 10.5. The van der Waals surface area contributed by atoms with Gasteiger partial charge in [0.05, 0.1) is 17.7 Å². The first-order chi connectivity index (χ1) is 8.33. The summed E-state index contributed by atoms with van der Waals surface area (Å²) in [5.41, 5.74) is 1.48. The first-order valence-corrected chi connectivity index (χ1v) is 6.71. The standard InChI is InChI=1S/C15H21NO/c1-16-15(13-7-3-2-4-8-13)10-6-5-9-14(15)11-12-17-14/h2-4,7-8,16H,5-6,9-12H2,1H3/t14?,15-/m1/s1. The van der Waals surface area contributed by atoms with Crippen molar-refractivity contribution >= 4 is 0 Å². The average molecular weight is 231 g/mol. The van der Waals surface area contributed by atoms with Crippen LogP contribution in [0.5, 0.6) is 0 Å². The zero-order valence-corrected chi connectivity index (χ0v) is 10.5. The van der Waals surface area contributed by atoms with Crippen LogP contribution in [0, 0.1) is 0 Å². The van der Waals surface area contributed by atoms with Gasteiger partial charge in [0.1, 0.15) is 0 Å². The minimum absolute atomic E-state index is 0.0325. The second-order valence-electron chi connectivity index (χ2n) is 5.32. The smallest absolute Gasteiger partial charge is 0.0926 e. The van der Waals surface area contributed by atoms with Crippen molar-refractivity contribution in [3.8, 4) is 0 Å². The fourth-order valence-electron chi connectivity index (χ4n) is 3.75. The van der Waals surface area contributed by atoms with Crippen LogP contribution in [0.3, 0.4) is 0 Å². The third-order valence-electron chi connectivity index (χ3n) is 4.74. The molecule has 0 radical (unpaired) electrons. The summed E-state index contributed by atoms with van der Waals surface area (Å²) in [7, 11) is 2.09. The van der Waals surface area contributed by atoms with Crippen molar-refractivity contribution in [2.75, 3.05) is 13.7 Å². The highest BCUT2D eigenvalue weighted by Crippen LogP contribution is 2.52. The predicted octanol–water partition coefficient (Wildman–Crippen LogP) is 2.83. The third kappa shape index (κ3) is 1.47. The van der Waals surface area contributed by atoms with Crippen molar-refractivity contribution in [3.63, 3.8) is 0 Å². The molecule has 2 aliphatic rings. The molecule has 1 saturated carbocycles. The summed E-state index contributed by atoms with van der Waals surface area (Å²) in [5.74, 6) is 0. The summed E-state index contributed by atoms with van der Waals surface area (Å²) < 4.78 is 6.06. The minimum atomic E-state index is 0.0325. The summed E-state index contributed by atoms with van der Waals surface area (Å²) in [5, 5.41) is 3.60. The minimum Gasteiger partial charge on any atom is -0.373 e. The van der Waals surface area contributed by atoms with Gasteiger partial charge < -0.3 is 10.1 Å². The van der Waals surface area contributed by atoms with Gasteiger partial charge in [-0.25, -0.2) is 0 Å². The van der Waals surface area contributed by atoms with Crippen molar-refractivity contribution in [1.82, 2.24) is 5.32 Å². The predicted molar refractivity (Wildman–Crippen MR) is 68.9 cm³/mol. The molecule has 3 rings (SSSR count). The van der Waals surface area contributed by atoms with Crippen LogP contribution in [0.2, 0.25) is 0 Å². The molecule has 1 aliphatic heterocycles. The fourth-order valence-corrected chi connectivity index (χ4v) is 3.75. The lowest BCUT2D eigenvalue weighted by molar-refractivity contribution is -0.217. The van der Waals surface area contributed by atoms with Crippen LogP contribution in [-0.2, 0) is 10.3 Å². The molecule has 1 aliphatic carbocycles. The number of likely N-dealkylation sites (N-methyl/N-ethyl adjacent to an activating group) is 1. The lowest BCUT2D eigenvalue weighted by Gasteiger charge is -2.58. The molecule has 92 valence electrons. The summed E-state index contributed by atoms with van der Waals surface area (Å²) in [6.07, 6.45) is 6.18. The maximum atomic E-state index is 6.06. The Morgan fingerprint density at radius 3 is 2.35 bits per heavy atom. The second-order valence-corrected chi connectivity index (χ2v) is 5.32. The van der Waals surface area contributed by atoms with E-state index in [9.17, 15) is 0 Å². The molecule has 1 spiro atoms. The summed E-state index contributed by atoms with van der Waals surface area (Å²) in [4.78, 5) is 0. The van der Waals surface area contributed by atoms with E-state index in [1.807, 2.05) is 0 Å². The Bertz CT molecular complexity index is 385. The van der Waals surface area contributed by atoms with Crippen LogP contribution in [0.15, 0.2) is 30.3 Å². The van der Waals surface area contributed by atoms with Crippen LogP contribution in [0.4, 0.5) is 0 Å². The molecule has 1 saturated heterocycles. The zero-order chi connectivity index (χ0) is 11.8. The van der Waals surface area contributed by atoms with Gasteiger partial charge in [0.2, 0.25) is 0 Å². The van der Waals surface area contributed by atoms with Gasteiger partial charge in [-0.05, 0) is 25.5 Å². The van der Waals surface area contributed by atoms with E-state index >= 15 is 0 Å². The van der Waals surface area contributed by atoms with Crippen molar-refractivity contribution in [3.05, 3.63) is 35.9 Å². The Morgan fingerprint density at radius 1 is 1.06 bits per heavy atom. The highest BCUT2D eigenvalue weighted by molar-refractivity contribution is 5.31. The molecular formula is C15H21NO. The second kappa shape index (κ2) is 4.11. The molecule has 0 amide bonds. The van der Waals surface area contributed by atoms with Crippen LogP contribution in [0.25, 0.3) is 0 Å². The van der Waals surface area contributed by atoms with Crippen molar-refractivity contribution in [2.24, 2.45) is 0 Å². The Balaban J connectivity index is 2.05. The largest absolute Gasteiger partial charge is 0.373 e. The third-order valence-corrected chi connectivity index (χ3v) is 4.74. The molecule has 1 unspecified atom stereocenters. The Morgan fingerprint density at radius 2 is 1.76 bits per heavy atom. The van der Waals surface area contributed by atoms with Crippen LogP contribution < -0.4 is 5.32 Å². The van der Waals surface area contributed by atoms with Crippen molar-refractivity contribution < 1.29 is 4.74 Å². The number of hydrogen-bond acceptors (Lipinski definition) is 2. The van der Waals surface area contributed by atoms with Crippen LogP contribution >= 0.6 is 0 Å². The van der Waals surface area contributed by atoms with E-state index in [4.69, 9.17) is 4.74 Å². The quantitative estimate of drug-likeness (QED) is 0.845. The van der Waals surface area contributed by atoms with Gasteiger partial charge in [-0.2, -0.15) is 0 Å². The number of rotatable bonds is 2. The molecule has 1 heterocycles. The van der Waals surface area contributed by atoms with Gasteiger partial charge >= 0.3 is 0 Å². The Kier molecular flexibility index (Phi) is 2.72. The number of nitrogens with one attached hydrogen (secondary N) is 1. The van der Waals surface area contributed by atoms with E-state index in [0.29, 0.717) is 0 Å².